The van der Waals surface area contributed by atoms with Gasteiger partial charge in [0.2, 0.25) is 0 Å². The van der Waals surface area contributed by atoms with Crippen molar-refractivity contribution < 1.29 is 19.1 Å². The molecule has 1 fully saturated rings. The summed E-state index contributed by atoms with van der Waals surface area (Å²) in [6.07, 6.45) is -0.0249. The van der Waals surface area contributed by atoms with Crippen LogP contribution in [0.25, 0.3) is 0 Å². The molecular weight excluding hydrogens is 380 g/mol. The Morgan fingerprint density at radius 1 is 0.667 bits per heavy atom. The maximum Gasteiger partial charge on any atom is 0.257 e. The van der Waals surface area contributed by atoms with Gasteiger partial charge in [-0.2, -0.15) is 0 Å². The van der Waals surface area contributed by atoms with Crippen molar-refractivity contribution >= 4 is 11.8 Å². The molecule has 0 unspecified atom stereocenters. The van der Waals surface area contributed by atoms with Crippen molar-refractivity contribution in [2.24, 2.45) is 0 Å². The molecule has 2 amide bonds. The molecule has 160 valence electrons. The highest BCUT2D eigenvalue weighted by atomic mass is 16.5. The molecule has 6 heteroatoms. The van der Waals surface area contributed by atoms with Gasteiger partial charge in [-0.15, -0.1) is 0 Å². The molecular formula is C24H30N2O4. The van der Waals surface area contributed by atoms with Crippen molar-refractivity contribution in [2.45, 2.75) is 39.9 Å². The largest absolute Gasteiger partial charge is 0.490 e. The molecule has 0 radical (unpaired) electrons. The molecule has 1 saturated heterocycles. The van der Waals surface area contributed by atoms with Crippen LogP contribution in [0.15, 0.2) is 48.5 Å². The van der Waals surface area contributed by atoms with Gasteiger partial charge in [-0.3, -0.25) is 9.59 Å². The summed E-state index contributed by atoms with van der Waals surface area (Å²) in [6, 6.07) is 14.6. The number of carbonyl (C=O) groups is 2. The van der Waals surface area contributed by atoms with Gasteiger partial charge in [0.1, 0.15) is 11.5 Å². The fourth-order valence-corrected chi connectivity index (χ4v) is 3.45. The van der Waals surface area contributed by atoms with Crippen molar-refractivity contribution in [3.63, 3.8) is 0 Å². The average molecular weight is 411 g/mol. The molecule has 0 bridgehead atoms. The zero-order valence-electron chi connectivity index (χ0n) is 18.1. The van der Waals surface area contributed by atoms with Crippen LogP contribution in [0.5, 0.6) is 11.5 Å². The third-order valence-corrected chi connectivity index (χ3v) is 4.81. The van der Waals surface area contributed by atoms with E-state index in [1.807, 2.05) is 64.1 Å². The summed E-state index contributed by atoms with van der Waals surface area (Å²) in [4.78, 5) is 29.7. The van der Waals surface area contributed by atoms with Crippen molar-refractivity contribution in [2.75, 3.05) is 26.2 Å². The van der Waals surface area contributed by atoms with Crippen molar-refractivity contribution in [3.05, 3.63) is 59.7 Å². The van der Waals surface area contributed by atoms with E-state index >= 15 is 0 Å². The topological polar surface area (TPSA) is 59.1 Å². The van der Waals surface area contributed by atoms with E-state index in [0.717, 1.165) is 0 Å². The third-order valence-electron chi connectivity index (χ3n) is 4.81. The number of benzene rings is 2. The lowest BCUT2D eigenvalue weighted by atomic mass is 10.1. The monoisotopic (exact) mass is 410 g/mol. The molecule has 3 rings (SSSR count). The van der Waals surface area contributed by atoms with Crippen LogP contribution in [0, 0.1) is 0 Å². The molecule has 1 aliphatic heterocycles. The molecule has 0 spiro atoms. The fraction of sp³-hybridized carbons (Fsp3) is 0.417. The second-order valence-electron chi connectivity index (χ2n) is 7.91. The molecule has 0 aliphatic carbocycles. The lowest BCUT2D eigenvalue weighted by molar-refractivity contribution is 0.0529. The van der Waals surface area contributed by atoms with Gasteiger partial charge < -0.3 is 19.3 Å². The zero-order valence-corrected chi connectivity index (χ0v) is 18.1. The van der Waals surface area contributed by atoms with Gasteiger partial charge in [0.25, 0.3) is 11.8 Å². The summed E-state index contributed by atoms with van der Waals surface area (Å²) in [7, 11) is 0. The highest BCUT2D eigenvalue weighted by Crippen LogP contribution is 2.24. The Labute approximate surface area is 178 Å². The molecule has 0 atom stereocenters. The number of para-hydroxylation sites is 2. The van der Waals surface area contributed by atoms with Crippen LogP contribution in [-0.2, 0) is 0 Å². The van der Waals surface area contributed by atoms with Gasteiger partial charge in [-0.1, -0.05) is 24.3 Å². The number of rotatable bonds is 6. The lowest BCUT2D eigenvalue weighted by Crippen LogP contribution is -2.50. The van der Waals surface area contributed by atoms with E-state index in [2.05, 4.69) is 0 Å². The highest BCUT2D eigenvalue weighted by Gasteiger charge is 2.28. The zero-order chi connectivity index (χ0) is 21.7. The summed E-state index contributed by atoms with van der Waals surface area (Å²) >= 11 is 0. The van der Waals surface area contributed by atoms with Crippen LogP contribution in [0.2, 0.25) is 0 Å². The maximum atomic E-state index is 13.0. The first-order chi connectivity index (χ1) is 14.4. The van der Waals surface area contributed by atoms with E-state index < -0.39 is 0 Å². The molecule has 0 saturated carbocycles. The predicted octanol–water partition coefficient (Wildman–Crippen LogP) is 3.86. The van der Waals surface area contributed by atoms with Crippen LogP contribution < -0.4 is 9.47 Å². The third kappa shape index (κ3) is 5.12. The van der Waals surface area contributed by atoms with E-state index in [4.69, 9.17) is 9.47 Å². The Balaban J connectivity index is 1.67. The van der Waals surface area contributed by atoms with E-state index in [0.29, 0.717) is 48.8 Å². The standard InChI is InChI=1S/C24H30N2O4/c1-17(2)29-21-11-7-5-9-19(21)23(27)25-13-15-26(16-14-25)24(28)20-10-6-8-12-22(20)30-18(3)4/h5-12,17-18H,13-16H2,1-4H3. The number of piperazine rings is 1. The number of carbonyl (C=O) groups excluding carboxylic acids is 2. The molecule has 1 heterocycles. The minimum atomic E-state index is -0.0677. The number of hydrogen-bond donors (Lipinski definition) is 0. The van der Waals surface area contributed by atoms with Gasteiger partial charge >= 0.3 is 0 Å². The number of hydrogen-bond acceptors (Lipinski definition) is 4. The Morgan fingerprint density at radius 3 is 1.33 bits per heavy atom. The van der Waals surface area contributed by atoms with Crippen LogP contribution >= 0.6 is 0 Å². The normalized spacial score (nSPS) is 14.2. The SMILES string of the molecule is CC(C)Oc1ccccc1C(=O)N1CCN(C(=O)c2ccccc2OC(C)C)CC1. The summed E-state index contributed by atoms with van der Waals surface area (Å²) in [5.74, 6) is 1.05. The fourth-order valence-electron chi connectivity index (χ4n) is 3.45. The van der Waals surface area contributed by atoms with E-state index in [1.165, 1.54) is 0 Å². The highest BCUT2D eigenvalue weighted by molar-refractivity contribution is 5.98. The first-order valence-corrected chi connectivity index (χ1v) is 10.5. The second kappa shape index (κ2) is 9.65. The van der Waals surface area contributed by atoms with Gasteiger partial charge in [0, 0.05) is 26.2 Å². The number of amides is 2. The molecule has 6 nitrogen and oxygen atoms in total. The molecule has 0 N–H and O–H groups in total. The Hall–Kier alpha value is -3.02. The summed E-state index contributed by atoms with van der Waals surface area (Å²) < 4.78 is 11.6. The van der Waals surface area contributed by atoms with E-state index in [-0.39, 0.29) is 24.0 Å². The first-order valence-electron chi connectivity index (χ1n) is 10.5. The van der Waals surface area contributed by atoms with E-state index in [9.17, 15) is 9.59 Å². The summed E-state index contributed by atoms with van der Waals surface area (Å²) in [6.45, 7) is 9.67. The smallest absolute Gasteiger partial charge is 0.257 e. The lowest BCUT2D eigenvalue weighted by Gasteiger charge is -2.35. The Bertz CT molecular complexity index is 813. The molecule has 1 aliphatic rings. The minimum Gasteiger partial charge on any atom is -0.490 e. The van der Waals surface area contributed by atoms with Gasteiger partial charge in [0.15, 0.2) is 0 Å². The molecule has 2 aromatic carbocycles. The van der Waals surface area contributed by atoms with Gasteiger partial charge in [0.05, 0.1) is 23.3 Å². The molecule has 2 aromatic rings. The van der Waals surface area contributed by atoms with Crippen molar-refractivity contribution in [3.8, 4) is 11.5 Å². The van der Waals surface area contributed by atoms with Crippen LogP contribution in [0.1, 0.15) is 48.4 Å². The number of nitrogens with zero attached hydrogens (tertiary/aromatic N) is 2. The summed E-state index contributed by atoms with van der Waals surface area (Å²) in [5.41, 5.74) is 1.11. The van der Waals surface area contributed by atoms with Crippen molar-refractivity contribution in [1.29, 1.82) is 0 Å². The summed E-state index contributed by atoms with van der Waals surface area (Å²) in [5, 5.41) is 0. The van der Waals surface area contributed by atoms with Crippen LogP contribution in [-0.4, -0.2) is 60.0 Å². The van der Waals surface area contributed by atoms with Crippen LogP contribution in [0.4, 0.5) is 0 Å². The molecule has 30 heavy (non-hydrogen) atoms. The quantitative estimate of drug-likeness (QED) is 0.726. The van der Waals surface area contributed by atoms with Crippen LogP contribution in [0.3, 0.4) is 0 Å². The first kappa shape index (κ1) is 21.7. The number of ether oxygens (including phenoxy) is 2. The Morgan fingerprint density at radius 2 is 1.00 bits per heavy atom. The Kier molecular flexibility index (Phi) is 6.98. The second-order valence-corrected chi connectivity index (χ2v) is 7.91. The minimum absolute atomic E-state index is 0.0125. The van der Waals surface area contributed by atoms with Gasteiger partial charge in [-0.05, 0) is 52.0 Å². The van der Waals surface area contributed by atoms with Gasteiger partial charge in [-0.25, -0.2) is 0 Å². The predicted molar refractivity (Wildman–Crippen MR) is 116 cm³/mol. The van der Waals surface area contributed by atoms with Crippen molar-refractivity contribution in [1.82, 2.24) is 9.80 Å². The average Bonchev–Trinajstić information content (AvgIpc) is 2.73. The van der Waals surface area contributed by atoms with E-state index in [1.54, 1.807) is 21.9 Å². The maximum absolute atomic E-state index is 13.0. The molecule has 0 aromatic heterocycles.